The number of piperazine rings is 5. The van der Waals surface area contributed by atoms with Gasteiger partial charge in [-0.3, -0.25) is 62.1 Å². The fourth-order valence-electron chi connectivity index (χ4n) is 16.9. The van der Waals surface area contributed by atoms with Gasteiger partial charge in [-0.15, -0.1) is 0 Å². The Kier molecular flexibility index (Phi) is 32.7. The Balaban J connectivity index is 0.000000154. The molecule has 9 aromatic carbocycles. The second-order valence-electron chi connectivity index (χ2n) is 35.0. The van der Waals surface area contributed by atoms with E-state index in [2.05, 4.69) is 60.5 Å². The third-order valence-electron chi connectivity index (χ3n) is 24.2. The van der Waals surface area contributed by atoms with Crippen molar-refractivity contribution in [3.05, 3.63) is 275 Å². The number of aliphatic hydroxyl groups excluding tert-OH is 1. The number of amides is 3. The lowest BCUT2D eigenvalue weighted by atomic mass is 10.1. The molecule has 0 saturated carbocycles. The minimum atomic E-state index is -0.228. The summed E-state index contributed by atoms with van der Waals surface area (Å²) in [5, 5.41) is 13.1. The highest BCUT2D eigenvalue weighted by Crippen LogP contribution is 2.32. The number of carbonyl (C=O) groups excluding carboxylic acids is 3. The number of anilines is 1. The first-order chi connectivity index (χ1) is 64.8. The van der Waals surface area contributed by atoms with Crippen molar-refractivity contribution in [2.24, 2.45) is 0 Å². The number of halogens is 3. The molecule has 0 aliphatic carbocycles. The molecule has 0 bridgehead atoms. The summed E-state index contributed by atoms with van der Waals surface area (Å²) in [7, 11) is 4.28. The number of rotatable bonds is 28. The molecule has 29 nitrogen and oxygen atoms in total. The summed E-state index contributed by atoms with van der Waals surface area (Å²) in [5.41, 5.74) is 6.19. The number of benzene rings is 9. The van der Waals surface area contributed by atoms with Gasteiger partial charge in [0.15, 0.2) is 19.8 Å². The highest BCUT2D eigenvalue weighted by molar-refractivity contribution is 6.31. The molecule has 0 spiro atoms. The number of fused-ring (bicyclic) bond motifs is 3. The maximum Gasteiger partial charge on any atom is 0.266 e. The average Bonchev–Trinajstić information content (AvgIpc) is 0.753. The number of para-hydroxylation sites is 6. The van der Waals surface area contributed by atoms with Crippen molar-refractivity contribution in [2.75, 3.05) is 170 Å². The highest BCUT2D eigenvalue weighted by Gasteiger charge is 2.31. The lowest BCUT2D eigenvalue weighted by Gasteiger charge is -2.35. The zero-order valence-electron chi connectivity index (χ0n) is 77.2. The topological polar surface area (TPSA) is 264 Å². The second kappa shape index (κ2) is 45.4. The molecule has 0 unspecified atom stereocenters. The van der Waals surface area contributed by atoms with Crippen LogP contribution in [-0.4, -0.2) is 279 Å². The number of nitrogens with zero attached hydrogens (tertiary/aromatic N) is 16. The van der Waals surface area contributed by atoms with E-state index in [-0.39, 0.29) is 79.1 Å². The van der Waals surface area contributed by atoms with Gasteiger partial charge in [0.05, 0.1) is 94.3 Å². The minimum absolute atomic E-state index is 0.0309. The van der Waals surface area contributed by atoms with E-state index in [1.807, 2.05) is 148 Å². The van der Waals surface area contributed by atoms with Crippen LogP contribution in [0.3, 0.4) is 0 Å². The molecule has 704 valence electrons. The molecule has 5 fully saturated rings. The van der Waals surface area contributed by atoms with Gasteiger partial charge in [-0.05, 0) is 218 Å². The van der Waals surface area contributed by atoms with Crippen LogP contribution in [0.15, 0.2) is 215 Å². The predicted molar refractivity (Wildman–Crippen MR) is 524 cm³/mol. The van der Waals surface area contributed by atoms with E-state index in [4.69, 9.17) is 78.2 Å². The van der Waals surface area contributed by atoms with Crippen LogP contribution < -0.4 is 50.0 Å². The number of carbonyl (C=O) groups is 3. The zero-order valence-corrected chi connectivity index (χ0v) is 79.5. The number of hydrogen-bond donors (Lipinski definition) is 1. The van der Waals surface area contributed by atoms with Crippen molar-refractivity contribution in [1.82, 2.24) is 72.8 Å². The van der Waals surface area contributed by atoms with Gasteiger partial charge in [0.1, 0.15) is 52.0 Å². The van der Waals surface area contributed by atoms with Crippen LogP contribution in [-0.2, 0) is 47.2 Å². The number of aliphatic hydroxyl groups is 1. The first-order valence-corrected chi connectivity index (χ1v) is 47.0. The summed E-state index contributed by atoms with van der Waals surface area (Å²) in [4.78, 5) is 118. The van der Waals surface area contributed by atoms with E-state index in [9.17, 15) is 33.9 Å². The van der Waals surface area contributed by atoms with E-state index >= 15 is 0 Å². The van der Waals surface area contributed by atoms with Crippen LogP contribution in [0, 0.1) is 0 Å². The summed E-state index contributed by atoms with van der Waals surface area (Å²) >= 11 is 17.8. The van der Waals surface area contributed by atoms with Crippen molar-refractivity contribution >= 4 is 90.9 Å². The Labute approximate surface area is 795 Å². The molecular formula is C102H117Cl3N16O13. The fourth-order valence-corrected chi connectivity index (χ4v) is 17.3. The third-order valence-corrected chi connectivity index (χ3v) is 24.9. The van der Waals surface area contributed by atoms with Gasteiger partial charge in [0.25, 0.3) is 34.4 Å². The first-order valence-electron chi connectivity index (χ1n) is 45.8. The Morgan fingerprint density at radius 1 is 0.343 bits per heavy atom. The summed E-state index contributed by atoms with van der Waals surface area (Å²) in [6.45, 7) is 28.6. The molecule has 3 amide bonds. The Bertz CT molecular complexity index is 6250. The van der Waals surface area contributed by atoms with Gasteiger partial charge in [-0.2, -0.15) is 0 Å². The van der Waals surface area contributed by atoms with Crippen molar-refractivity contribution in [2.45, 2.75) is 92.6 Å². The molecule has 5 aliphatic rings. The summed E-state index contributed by atoms with van der Waals surface area (Å²) in [6, 6.07) is 60.9. The molecule has 12 aromatic rings. The Morgan fingerprint density at radius 2 is 0.634 bits per heavy atom. The second-order valence-corrected chi connectivity index (χ2v) is 36.3. The number of likely N-dealkylation sites (N-methyl/N-ethyl adjacent to an activating group) is 2. The molecule has 3 aromatic heterocycles. The standard InChI is InChI=1S/C36H43ClN6O4.C35H41ClN6O4.C31H33ClN4O5/c1-26(2)47-33-7-5-4-6-32(33)43-34(24-41-18-20-42(21-19-41)35(44)25-46-29-11-9-28(37)10-12-29)38-31-13-8-27(22-30(31)36(43)45)23-40-16-14-39(3)15-17-40;1-25(2)46-32-7-5-4-6-31(32)42-33(37-30-13-10-27(22-29(30)35(42)44)40-18-14-38(3)15-19-40)23-39-16-20-41(21-17-39)34(43)24-45-28-11-8-26(36)9-12-28;1-21(2)41-28-6-4-3-5-27(28)36-29(33-26-12-7-22(19-37)17-25(26)31(36)39)18-34-13-15-35(16-14-34)30(38)20-40-24-10-8-23(32)9-11-24/h4-13,22,26H,14-21,23-25H2,1-3H3;4-13,22,25H,14-21,23-24H2,1-3H3;3-12,17,21,37H,13-16,18-20H2,1-2H3. The van der Waals surface area contributed by atoms with E-state index in [0.717, 1.165) is 70.2 Å². The summed E-state index contributed by atoms with van der Waals surface area (Å²) < 4.78 is 40.4. The van der Waals surface area contributed by atoms with Crippen LogP contribution in [0.4, 0.5) is 5.69 Å². The third kappa shape index (κ3) is 24.9. The molecule has 5 saturated heterocycles. The van der Waals surface area contributed by atoms with E-state index < -0.39 is 0 Å². The molecule has 17 rings (SSSR count). The van der Waals surface area contributed by atoms with Gasteiger partial charge in [-0.25, -0.2) is 15.0 Å². The minimum Gasteiger partial charge on any atom is -0.489 e. The van der Waals surface area contributed by atoms with Gasteiger partial charge in [-0.1, -0.05) is 83.3 Å². The number of hydrogen-bond acceptors (Lipinski definition) is 23. The Hall–Kier alpha value is -12.0. The SMILES string of the molecule is CC(C)Oc1ccccc1-n1c(CN2CCN(C(=O)COc3ccc(Cl)cc3)CC2)nc2ccc(CN3CCN(C)CC3)cc2c1=O.CC(C)Oc1ccccc1-n1c(CN2CCN(C(=O)COc3ccc(Cl)cc3)CC2)nc2ccc(CO)cc2c1=O.CC(C)Oc1ccccc1-n1c(CN2CCN(C(=O)COc3ccc(Cl)cc3)CC2)nc2ccc(N3CCN(C)CC3)cc2c1=O. The Morgan fingerprint density at radius 3 is 0.970 bits per heavy atom. The van der Waals surface area contributed by atoms with E-state index in [0.29, 0.717) is 221 Å². The molecule has 5 aliphatic heterocycles. The lowest BCUT2D eigenvalue weighted by Crippen LogP contribution is -2.50. The molecular weight excluding hydrogens is 1760 g/mol. The van der Waals surface area contributed by atoms with Gasteiger partial charge >= 0.3 is 0 Å². The van der Waals surface area contributed by atoms with Crippen molar-refractivity contribution in [3.63, 3.8) is 0 Å². The monoisotopic (exact) mass is 1880 g/mol. The van der Waals surface area contributed by atoms with E-state index in [1.165, 1.54) is 0 Å². The van der Waals surface area contributed by atoms with Crippen molar-refractivity contribution in [3.8, 4) is 51.6 Å². The molecule has 0 radical (unpaired) electrons. The van der Waals surface area contributed by atoms with Crippen molar-refractivity contribution < 1.29 is 47.9 Å². The molecule has 134 heavy (non-hydrogen) atoms. The average molecular weight is 1880 g/mol. The summed E-state index contributed by atoms with van der Waals surface area (Å²) in [6.07, 6.45) is -0.209. The summed E-state index contributed by atoms with van der Waals surface area (Å²) in [5.74, 6) is 5.30. The normalized spacial score (nSPS) is 15.7. The van der Waals surface area contributed by atoms with Gasteiger partial charge in [0, 0.05) is 158 Å². The quantitative estimate of drug-likeness (QED) is 0.0477. The highest BCUT2D eigenvalue weighted by atomic mass is 35.5. The maximum absolute atomic E-state index is 14.4. The van der Waals surface area contributed by atoms with Gasteiger partial charge < -0.3 is 62.9 Å². The maximum atomic E-state index is 14.4. The fraction of sp³-hybridized carbons (Fsp3) is 0.382. The molecule has 8 heterocycles. The molecule has 1 N–H and O–H groups in total. The molecule has 32 heteroatoms. The predicted octanol–water partition coefficient (Wildman–Crippen LogP) is 12.6. The lowest BCUT2D eigenvalue weighted by molar-refractivity contribution is -0.135. The van der Waals surface area contributed by atoms with Crippen LogP contribution in [0.25, 0.3) is 49.8 Å². The largest absolute Gasteiger partial charge is 0.489 e. The van der Waals surface area contributed by atoms with Crippen molar-refractivity contribution in [1.29, 1.82) is 0 Å². The van der Waals surface area contributed by atoms with Crippen LogP contribution in [0.2, 0.25) is 15.1 Å². The van der Waals surface area contributed by atoms with Crippen LogP contribution in [0.1, 0.15) is 70.1 Å². The smallest absolute Gasteiger partial charge is 0.266 e. The number of aromatic nitrogens is 6. The van der Waals surface area contributed by atoms with Gasteiger partial charge in [0.2, 0.25) is 0 Å². The zero-order chi connectivity index (χ0) is 94.1. The molecule has 0 atom stereocenters. The van der Waals surface area contributed by atoms with E-state index in [1.54, 1.807) is 110 Å². The first kappa shape index (κ1) is 96.6. The number of ether oxygens (including phenoxy) is 6. The van der Waals surface area contributed by atoms with Crippen LogP contribution >= 0.6 is 34.8 Å². The van der Waals surface area contributed by atoms with Crippen LogP contribution in [0.5, 0.6) is 34.5 Å².